The van der Waals surface area contributed by atoms with Gasteiger partial charge in [0.25, 0.3) is 0 Å². The lowest BCUT2D eigenvalue weighted by atomic mass is 10.2. The molecule has 0 saturated carbocycles. The third-order valence-corrected chi connectivity index (χ3v) is 4.82. The fourth-order valence-corrected chi connectivity index (χ4v) is 3.00. The Balaban J connectivity index is 1.71. The van der Waals surface area contributed by atoms with E-state index in [0.717, 1.165) is 0 Å². The van der Waals surface area contributed by atoms with E-state index >= 15 is 0 Å². The van der Waals surface area contributed by atoms with E-state index in [2.05, 4.69) is 5.32 Å². The van der Waals surface area contributed by atoms with Crippen molar-refractivity contribution < 1.29 is 19.2 Å². The second kappa shape index (κ2) is 10.1. The number of hydrogen-bond donors (Lipinski definition) is 1. The second-order valence-electron chi connectivity index (χ2n) is 6.69. The molecule has 9 heteroatoms. The Morgan fingerprint density at radius 3 is 2.14 bits per heavy atom. The molecule has 0 unspecified atom stereocenters. The van der Waals surface area contributed by atoms with Crippen LogP contribution in [0.5, 0.6) is 0 Å². The molecule has 1 heterocycles. The lowest BCUT2D eigenvalue weighted by Gasteiger charge is -2.34. The van der Waals surface area contributed by atoms with E-state index in [4.69, 9.17) is 11.6 Å². The molecule has 4 amide bonds. The third kappa shape index (κ3) is 6.53. The highest BCUT2D eigenvalue weighted by atomic mass is 35.5. The fourth-order valence-electron chi connectivity index (χ4n) is 2.87. The van der Waals surface area contributed by atoms with Gasteiger partial charge in [-0.3, -0.25) is 19.2 Å². The predicted octanol–water partition coefficient (Wildman–Crippen LogP) is 1.21. The van der Waals surface area contributed by atoms with Crippen LogP contribution in [0.2, 0.25) is 5.02 Å². The zero-order valence-corrected chi connectivity index (χ0v) is 16.9. The zero-order chi connectivity index (χ0) is 20.7. The number of amides is 4. The van der Waals surface area contributed by atoms with Crippen molar-refractivity contribution in [2.45, 2.75) is 19.8 Å². The smallest absolute Gasteiger partial charge is 0.243 e. The summed E-state index contributed by atoms with van der Waals surface area (Å²) >= 11 is 5.80. The number of nitrogens with zero attached hydrogens (tertiary/aromatic N) is 3. The highest BCUT2D eigenvalue weighted by Gasteiger charge is 2.23. The molecule has 8 nitrogen and oxygen atoms in total. The quantitative estimate of drug-likeness (QED) is 0.766. The Hall–Kier alpha value is -2.61. The number of hydrogen-bond acceptors (Lipinski definition) is 4. The minimum absolute atomic E-state index is 0.000721. The molecule has 1 aromatic carbocycles. The first-order chi connectivity index (χ1) is 13.3. The summed E-state index contributed by atoms with van der Waals surface area (Å²) in [5, 5.41) is 3.25. The van der Waals surface area contributed by atoms with Gasteiger partial charge in [0.2, 0.25) is 23.6 Å². The van der Waals surface area contributed by atoms with Gasteiger partial charge in [-0.05, 0) is 24.3 Å². The van der Waals surface area contributed by atoms with Gasteiger partial charge in [-0.15, -0.1) is 0 Å². The maximum atomic E-state index is 12.3. The van der Waals surface area contributed by atoms with Gasteiger partial charge in [0.15, 0.2) is 0 Å². The van der Waals surface area contributed by atoms with Gasteiger partial charge in [0, 0.05) is 63.7 Å². The Morgan fingerprint density at radius 2 is 1.57 bits per heavy atom. The molecular weight excluding hydrogens is 384 g/mol. The molecule has 0 atom stereocenters. The molecule has 152 valence electrons. The Kier molecular flexibility index (Phi) is 7.80. The molecule has 1 aromatic rings. The van der Waals surface area contributed by atoms with Gasteiger partial charge in [0.1, 0.15) is 0 Å². The summed E-state index contributed by atoms with van der Waals surface area (Å²) in [4.78, 5) is 52.5. The van der Waals surface area contributed by atoms with Crippen LogP contribution in [-0.2, 0) is 19.2 Å². The highest BCUT2D eigenvalue weighted by Crippen LogP contribution is 2.13. The maximum absolute atomic E-state index is 12.3. The van der Waals surface area contributed by atoms with Crippen molar-refractivity contribution in [1.29, 1.82) is 0 Å². The highest BCUT2D eigenvalue weighted by molar-refractivity contribution is 6.30. The lowest BCUT2D eigenvalue weighted by Crippen LogP contribution is -2.50. The average Bonchev–Trinajstić information content (AvgIpc) is 2.67. The number of halogens is 1. The van der Waals surface area contributed by atoms with Crippen LogP contribution >= 0.6 is 11.6 Å². The molecule has 0 aliphatic carbocycles. The van der Waals surface area contributed by atoms with Crippen LogP contribution in [0.1, 0.15) is 19.8 Å². The summed E-state index contributed by atoms with van der Waals surface area (Å²) in [6, 6.07) is 6.67. The van der Waals surface area contributed by atoms with E-state index in [-0.39, 0.29) is 43.0 Å². The number of anilines is 1. The maximum Gasteiger partial charge on any atom is 0.243 e. The molecule has 0 radical (unpaired) electrons. The first-order valence-corrected chi connectivity index (χ1v) is 9.46. The van der Waals surface area contributed by atoms with Gasteiger partial charge < -0.3 is 20.0 Å². The molecule has 0 spiro atoms. The molecule has 1 N–H and O–H groups in total. The summed E-state index contributed by atoms with van der Waals surface area (Å²) < 4.78 is 0. The van der Waals surface area contributed by atoms with Crippen LogP contribution in [0.15, 0.2) is 24.3 Å². The molecule has 28 heavy (non-hydrogen) atoms. The third-order valence-electron chi connectivity index (χ3n) is 4.56. The van der Waals surface area contributed by atoms with Crippen molar-refractivity contribution in [3.05, 3.63) is 29.3 Å². The molecular formula is C19H25ClN4O4. The monoisotopic (exact) mass is 408 g/mol. The number of likely N-dealkylation sites (N-methyl/N-ethyl adjacent to an activating group) is 1. The largest absolute Gasteiger partial charge is 0.339 e. The van der Waals surface area contributed by atoms with Crippen LogP contribution in [0, 0.1) is 0 Å². The van der Waals surface area contributed by atoms with E-state index in [9.17, 15) is 19.2 Å². The minimum Gasteiger partial charge on any atom is -0.339 e. The SMILES string of the molecule is CC(=O)N1CCN(C(=O)CCC(=O)N(C)CC(=O)Nc2ccc(Cl)cc2)CC1. The normalized spacial score (nSPS) is 13.8. The van der Waals surface area contributed by atoms with Gasteiger partial charge >= 0.3 is 0 Å². The summed E-state index contributed by atoms with van der Waals surface area (Å²) in [6.07, 6.45) is 0.124. The Labute approximate surface area is 169 Å². The minimum atomic E-state index is -0.329. The summed E-state index contributed by atoms with van der Waals surface area (Å²) in [5.41, 5.74) is 0.593. The number of nitrogens with one attached hydrogen (secondary N) is 1. The van der Waals surface area contributed by atoms with Crippen molar-refractivity contribution >= 4 is 40.9 Å². The molecule has 1 aliphatic rings. The molecule has 2 rings (SSSR count). The van der Waals surface area contributed by atoms with Crippen molar-refractivity contribution in [1.82, 2.24) is 14.7 Å². The van der Waals surface area contributed by atoms with Crippen molar-refractivity contribution in [2.24, 2.45) is 0 Å². The molecule has 1 fully saturated rings. The number of carbonyl (C=O) groups is 4. The van der Waals surface area contributed by atoms with Crippen molar-refractivity contribution in [3.8, 4) is 0 Å². The van der Waals surface area contributed by atoms with E-state index in [1.165, 1.54) is 18.9 Å². The van der Waals surface area contributed by atoms with Crippen LogP contribution < -0.4 is 5.32 Å². The molecule has 1 aliphatic heterocycles. The summed E-state index contributed by atoms with van der Waals surface area (Å²) in [5.74, 6) is -0.719. The number of rotatable bonds is 6. The second-order valence-corrected chi connectivity index (χ2v) is 7.13. The number of benzene rings is 1. The van der Waals surface area contributed by atoms with Gasteiger partial charge in [-0.25, -0.2) is 0 Å². The standard InChI is InChI=1S/C19H25ClN4O4/c1-14(25)23-9-11-24(12-10-23)19(28)8-7-18(27)22(2)13-17(26)21-16-5-3-15(20)4-6-16/h3-6H,7-13H2,1-2H3,(H,21,26). The molecule has 1 saturated heterocycles. The van der Waals surface area contributed by atoms with Crippen molar-refractivity contribution in [3.63, 3.8) is 0 Å². The number of carbonyl (C=O) groups excluding carboxylic acids is 4. The van der Waals surface area contributed by atoms with Crippen LogP contribution in [-0.4, -0.2) is 78.1 Å². The van der Waals surface area contributed by atoms with Crippen molar-refractivity contribution in [2.75, 3.05) is 45.1 Å². The number of piperazine rings is 1. The van der Waals surface area contributed by atoms with Crippen LogP contribution in [0.4, 0.5) is 5.69 Å². The predicted molar refractivity (Wildman–Crippen MR) is 106 cm³/mol. The first kappa shape index (κ1) is 21.7. The molecule has 0 bridgehead atoms. The Morgan fingerprint density at radius 1 is 1.00 bits per heavy atom. The van der Waals surface area contributed by atoms with Gasteiger partial charge in [-0.1, -0.05) is 11.6 Å². The van der Waals surface area contributed by atoms with E-state index in [1.54, 1.807) is 34.1 Å². The Bertz CT molecular complexity index is 730. The van der Waals surface area contributed by atoms with E-state index < -0.39 is 0 Å². The summed E-state index contributed by atoms with van der Waals surface area (Å²) in [7, 11) is 1.53. The van der Waals surface area contributed by atoms with Crippen LogP contribution in [0.3, 0.4) is 0 Å². The van der Waals surface area contributed by atoms with E-state index in [0.29, 0.717) is 36.9 Å². The fraction of sp³-hybridized carbons (Fsp3) is 0.474. The first-order valence-electron chi connectivity index (χ1n) is 9.09. The average molecular weight is 409 g/mol. The van der Waals surface area contributed by atoms with Gasteiger partial charge in [-0.2, -0.15) is 0 Å². The van der Waals surface area contributed by atoms with Crippen LogP contribution in [0.25, 0.3) is 0 Å². The summed E-state index contributed by atoms with van der Waals surface area (Å²) in [6.45, 7) is 3.39. The van der Waals surface area contributed by atoms with E-state index in [1.807, 2.05) is 0 Å². The zero-order valence-electron chi connectivity index (χ0n) is 16.1. The molecule has 0 aromatic heterocycles. The lowest BCUT2D eigenvalue weighted by molar-refractivity contribution is -0.140. The van der Waals surface area contributed by atoms with Gasteiger partial charge in [0.05, 0.1) is 6.54 Å². The topological polar surface area (TPSA) is 90.0 Å².